The van der Waals surface area contributed by atoms with E-state index in [1.807, 2.05) is 6.07 Å². The second-order valence-electron chi connectivity index (χ2n) is 6.34. The highest BCUT2D eigenvalue weighted by atomic mass is 16.3. The summed E-state index contributed by atoms with van der Waals surface area (Å²) in [5, 5.41) is 23.0. The van der Waals surface area contributed by atoms with E-state index in [2.05, 4.69) is 18.9 Å². The molecule has 0 bridgehead atoms. The van der Waals surface area contributed by atoms with Gasteiger partial charge in [0.05, 0.1) is 5.69 Å². The fourth-order valence-electron chi connectivity index (χ4n) is 2.93. The minimum absolute atomic E-state index is 0.000999. The highest BCUT2D eigenvalue weighted by molar-refractivity contribution is 5.93. The van der Waals surface area contributed by atoms with Crippen molar-refractivity contribution in [2.45, 2.75) is 20.3 Å². The van der Waals surface area contributed by atoms with Gasteiger partial charge in [0.25, 0.3) is 5.91 Å². The van der Waals surface area contributed by atoms with Crippen molar-refractivity contribution in [3.63, 3.8) is 0 Å². The lowest BCUT2D eigenvalue weighted by molar-refractivity contribution is 0.0767. The first-order valence-corrected chi connectivity index (χ1v) is 7.50. The van der Waals surface area contributed by atoms with Crippen molar-refractivity contribution in [1.82, 2.24) is 14.7 Å². The lowest BCUT2D eigenvalue weighted by Gasteiger charge is -2.15. The molecule has 21 heavy (non-hydrogen) atoms. The van der Waals surface area contributed by atoms with Crippen LogP contribution in [-0.4, -0.2) is 57.1 Å². The normalized spacial score (nSPS) is 22.3. The Hall–Kier alpha value is -1.40. The van der Waals surface area contributed by atoms with Crippen molar-refractivity contribution in [3.05, 3.63) is 17.5 Å². The summed E-state index contributed by atoms with van der Waals surface area (Å²) in [6.07, 6.45) is 0.847. The number of amides is 1. The molecule has 0 aliphatic carbocycles. The van der Waals surface area contributed by atoms with Crippen LogP contribution in [0.3, 0.4) is 0 Å². The van der Waals surface area contributed by atoms with Gasteiger partial charge in [-0.3, -0.25) is 9.48 Å². The van der Waals surface area contributed by atoms with Crippen LogP contribution >= 0.6 is 0 Å². The topological polar surface area (TPSA) is 78.6 Å². The summed E-state index contributed by atoms with van der Waals surface area (Å²) in [7, 11) is 1.78. The summed E-state index contributed by atoms with van der Waals surface area (Å²) in [5.74, 6) is 0.339. The van der Waals surface area contributed by atoms with Crippen molar-refractivity contribution >= 4 is 5.91 Å². The average Bonchev–Trinajstić information content (AvgIpc) is 3.00. The predicted octanol–water partition coefficient (Wildman–Crippen LogP) is 0.291. The Morgan fingerprint density at radius 2 is 1.90 bits per heavy atom. The van der Waals surface area contributed by atoms with E-state index >= 15 is 0 Å². The first-order chi connectivity index (χ1) is 9.96. The number of aliphatic hydroxyl groups excluding tert-OH is 2. The molecule has 0 radical (unpaired) electrons. The van der Waals surface area contributed by atoms with Crippen molar-refractivity contribution < 1.29 is 15.0 Å². The van der Waals surface area contributed by atoms with Crippen LogP contribution in [-0.2, 0) is 13.5 Å². The molecule has 2 heterocycles. The molecule has 1 aromatic heterocycles. The van der Waals surface area contributed by atoms with Crippen molar-refractivity contribution in [2.75, 3.05) is 26.3 Å². The molecule has 0 saturated carbocycles. The first kappa shape index (κ1) is 16.0. The van der Waals surface area contributed by atoms with E-state index in [1.54, 1.807) is 16.6 Å². The van der Waals surface area contributed by atoms with Crippen LogP contribution < -0.4 is 0 Å². The molecule has 6 heteroatoms. The van der Waals surface area contributed by atoms with Gasteiger partial charge in [0, 0.05) is 45.2 Å². The Balaban J connectivity index is 2.12. The van der Waals surface area contributed by atoms with Crippen molar-refractivity contribution in [1.29, 1.82) is 0 Å². The van der Waals surface area contributed by atoms with Gasteiger partial charge in [-0.1, -0.05) is 13.8 Å². The fourth-order valence-corrected chi connectivity index (χ4v) is 2.93. The van der Waals surface area contributed by atoms with E-state index in [1.165, 1.54) is 0 Å². The zero-order chi connectivity index (χ0) is 15.6. The lowest BCUT2D eigenvalue weighted by atomic mass is 9.98. The number of likely N-dealkylation sites (tertiary alicyclic amines) is 1. The van der Waals surface area contributed by atoms with Gasteiger partial charge in [-0.25, -0.2) is 0 Å². The second kappa shape index (κ2) is 6.58. The number of rotatable bonds is 5. The molecule has 0 aromatic carbocycles. The van der Waals surface area contributed by atoms with Crippen LogP contribution in [0, 0.1) is 17.8 Å². The van der Waals surface area contributed by atoms with Crippen LogP contribution in [0.1, 0.15) is 30.0 Å². The highest BCUT2D eigenvalue weighted by Crippen LogP contribution is 2.24. The molecule has 6 nitrogen and oxygen atoms in total. The second-order valence-corrected chi connectivity index (χ2v) is 6.34. The lowest BCUT2D eigenvalue weighted by Crippen LogP contribution is -2.31. The van der Waals surface area contributed by atoms with Gasteiger partial charge < -0.3 is 15.1 Å². The fraction of sp³-hybridized carbons (Fsp3) is 0.733. The molecule has 1 saturated heterocycles. The van der Waals surface area contributed by atoms with Crippen LogP contribution in [0.4, 0.5) is 0 Å². The number of hydrogen-bond donors (Lipinski definition) is 2. The number of aryl methyl sites for hydroxylation is 1. The number of carbonyl (C=O) groups is 1. The third kappa shape index (κ3) is 3.44. The largest absolute Gasteiger partial charge is 0.396 e. The summed E-state index contributed by atoms with van der Waals surface area (Å²) >= 11 is 0. The van der Waals surface area contributed by atoms with Crippen molar-refractivity contribution in [2.24, 2.45) is 24.8 Å². The molecule has 1 aliphatic heterocycles. The zero-order valence-electron chi connectivity index (χ0n) is 13.0. The summed E-state index contributed by atoms with van der Waals surface area (Å²) < 4.78 is 1.63. The van der Waals surface area contributed by atoms with E-state index in [0.29, 0.717) is 24.7 Å². The number of carbonyl (C=O) groups excluding carboxylic acids is 1. The molecule has 2 rings (SSSR count). The SMILES string of the molecule is CC(C)Cc1cc(C(=O)N2CC(CO)C(CO)C2)n(C)n1. The molecule has 1 fully saturated rings. The van der Waals surface area contributed by atoms with Gasteiger partial charge in [-0.15, -0.1) is 0 Å². The highest BCUT2D eigenvalue weighted by Gasteiger charge is 2.35. The van der Waals surface area contributed by atoms with E-state index in [4.69, 9.17) is 0 Å². The first-order valence-electron chi connectivity index (χ1n) is 7.50. The molecule has 1 amide bonds. The van der Waals surface area contributed by atoms with Gasteiger partial charge in [-0.05, 0) is 18.4 Å². The average molecular weight is 295 g/mol. The molecule has 0 spiro atoms. The van der Waals surface area contributed by atoms with E-state index in [0.717, 1.165) is 12.1 Å². The quantitative estimate of drug-likeness (QED) is 0.818. The predicted molar refractivity (Wildman–Crippen MR) is 78.8 cm³/mol. The summed E-state index contributed by atoms with van der Waals surface area (Å²) in [4.78, 5) is 14.3. The van der Waals surface area contributed by atoms with Gasteiger partial charge in [0.15, 0.2) is 0 Å². The monoisotopic (exact) mass is 295 g/mol. The van der Waals surface area contributed by atoms with E-state index < -0.39 is 0 Å². The van der Waals surface area contributed by atoms with E-state index in [9.17, 15) is 15.0 Å². The number of aromatic nitrogens is 2. The van der Waals surface area contributed by atoms with Gasteiger partial charge in [0.1, 0.15) is 5.69 Å². The number of aliphatic hydroxyl groups is 2. The molecular formula is C15H25N3O3. The maximum absolute atomic E-state index is 12.6. The maximum atomic E-state index is 12.6. The maximum Gasteiger partial charge on any atom is 0.272 e. The molecule has 2 unspecified atom stereocenters. The molecule has 2 atom stereocenters. The van der Waals surface area contributed by atoms with Crippen LogP contribution in [0.5, 0.6) is 0 Å². The molecule has 1 aromatic rings. The van der Waals surface area contributed by atoms with Crippen LogP contribution in [0.25, 0.3) is 0 Å². The summed E-state index contributed by atoms with van der Waals surface area (Å²) in [5.41, 5.74) is 1.49. The summed E-state index contributed by atoms with van der Waals surface area (Å²) in [6.45, 7) is 5.22. The minimum atomic E-state index is -0.0746. The Bertz CT molecular complexity index is 486. The van der Waals surface area contributed by atoms with Crippen molar-refractivity contribution in [3.8, 4) is 0 Å². The molecule has 118 valence electrons. The molecular weight excluding hydrogens is 270 g/mol. The molecule has 2 N–H and O–H groups in total. The Morgan fingerprint density at radius 3 is 2.38 bits per heavy atom. The number of nitrogens with zero attached hydrogens (tertiary/aromatic N) is 3. The summed E-state index contributed by atoms with van der Waals surface area (Å²) in [6, 6.07) is 1.85. The Kier molecular flexibility index (Phi) is 5.00. The standard InChI is InChI=1S/C15H25N3O3/c1-10(2)4-13-5-14(17(3)16-13)15(21)18-6-11(8-19)12(7-18)9-20/h5,10-12,19-20H,4,6-9H2,1-3H3. The van der Waals surface area contributed by atoms with Gasteiger partial charge in [0.2, 0.25) is 0 Å². The third-order valence-corrected chi connectivity index (χ3v) is 4.10. The zero-order valence-corrected chi connectivity index (χ0v) is 13.0. The smallest absolute Gasteiger partial charge is 0.272 e. The van der Waals surface area contributed by atoms with Gasteiger partial charge >= 0.3 is 0 Å². The van der Waals surface area contributed by atoms with Crippen LogP contribution in [0.15, 0.2) is 6.07 Å². The third-order valence-electron chi connectivity index (χ3n) is 4.10. The number of hydrogen-bond acceptors (Lipinski definition) is 4. The van der Waals surface area contributed by atoms with E-state index in [-0.39, 0.29) is 31.0 Å². The van der Waals surface area contributed by atoms with Gasteiger partial charge in [-0.2, -0.15) is 5.10 Å². The Morgan fingerprint density at radius 1 is 1.33 bits per heavy atom. The molecule has 1 aliphatic rings. The van der Waals surface area contributed by atoms with Crippen LogP contribution in [0.2, 0.25) is 0 Å². The Labute approximate surface area is 125 Å². The minimum Gasteiger partial charge on any atom is -0.396 e.